The van der Waals surface area contributed by atoms with Gasteiger partial charge in [0.05, 0.1) is 22.2 Å². The van der Waals surface area contributed by atoms with Crippen molar-refractivity contribution in [2.75, 3.05) is 0 Å². The first-order valence-electron chi connectivity index (χ1n) is 12.4. The standard InChI is InChI=1S/C32H11F10N/c33-23-21(24(34)28(38)31(41)27(23)37)14-8-12-6-7-13-9-15(22-25(35)29(39)32(42)30(40)26(22)36)11-18-20(13)19(12)17(10-14)43(18)16-4-2-1-3-5-16/h1-11H. The second-order valence-electron chi connectivity index (χ2n) is 9.81. The van der Waals surface area contributed by atoms with Gasteiger partial charge in [-0.2, -0.15) is 0 Å². The first-order valence-corrected chi connectivity index (χ1v) is 12.4. The van der Waals surface area contributed by atoms with Gasteiger partial charge in [0.15, 0.2) is 46.5 Å². The number of para-hydroxylation sites is 1. The molecule has 43 heavy (non-hydrogen) atoms. The Bertz CT molecular complexity index is 2090. The molecule has 0 N–H and O–H groups in total. The lowest BCUT2D eigenvalue weighted by molar-refractivity contribution is 0.381. The molecule has 7 aromatic rings. The van der Waals surface area contributed by atoms with Crippen molar-refractivity contribution in [2.24, 2.45) is 0 Å². The molecule has 0 aliphatic rings. The van der Waals surface area contributed by atoms with Crippen LogP contribution in [0.25, 0.3) is 60.5 Å². The first-order chi connectivity index (χ1) is 20.5. The molecule has 0 spiro atoms. The lowest BCUT2D eigenvalue weighted by Crippen LogP contribution is -2.04. The minimum atomic E-state index is -2.32. The van der Waals surface area contributed by atoms with Crippen LogP contribution in [0.5, 0.6) is 0 Å². The molecule has 0 aliphatic carbocycles. The monoisotopic (exact) mass is 599 g/mol. The van der Waals surface area contributed by atoms with E-state index in [1.54, 1.807) is 30.3 Å². The minimum Gasteiger partial charge on any atom is -0.309 e. The number of halogens is 10. The molecule has 0 saturated heterocycles. The zero-order valence-corrected chi connectivity index (χ0v) is 21.1. The van der Waals surface area contributed by atoms with Crippen LogP contribution in [0.3, 0.4) is 0 Å². The fourth-order valence-electron chi connectivity index (χ4n) is 5.63. The molecule has 6 aromatic carbocycles. The van der Waals surface area contributed by atoms with Crippen molar-refractivity contribution in [3.63, 3.8) is 0 Å². The van der Waals surface area contributed by atoms with E-state index in [9.17, 15) is 43.9 Å². The van der Waals surface area contributed by atoms with E-state index in [0.717, 1.165) is 0 Å². The molecule has 0 bridgehead atoms. The zero-order valence-electron chi connectivity index (χ0n) is 21.1. The van der Waals surface area contributed by atoms with Crippen molar-refractivity contribution < 1.29 is 43.9 Å². The van der Waals surface area contributed by atoms with E-state index in [4.69, 9.17) is 0 Å². The largest absolute Gasteiger partial charge is 0.309 e. The molecule has 1 nitrogen and oxygen atoms in total. The Hall–Kier alpha value is -5.06. The molecular formula is C32H11F10N. The molecule has 0 radical (unpaired) electrons. The van der Waals surface area contributed by atoms with Crippen LogP contribution < -0.4 is 0 Å². The van der Waals surface area contributed by atoms with Gasteiger partial charge in [-0.25, -0.2) is 43.9 Å². The Balaban J connectivity index is 1.64. The highest BCUT2D eigenvalue weighted by Crippen LogP contribution is 2.45. The van der Waals surface area contributed by atoms with Gasteiger partial charge in [0.1, 0.15) is 0 Å². The van der Waals surface area contributed by atoms with Gasteiger partial charge in [-0.1, -0.05) is 30.3 Å². The smallest absolute Gasteiger partial charge is 0.200 e. The molecule has 0 atom stereocenters. The fourth-order valence-corrected chi connectivity index (χ4v) is 5.63. The summed E-state index contributed by atoms with van der Waals surface area (Å²) in [6.07, 6.45) is 0. The van der Waals surface area contributed by atoms with Crippen molar-refractivity contribution >= 4 is 32.6 Å². The maximum absolute atomic E-state index is 14.9. The molecule has 0 saturated carbocycles. The Morgan fingerprint density at radius 3 is 1.09 bits per heavy atom. The van der Waals surface area contributed by atoms with E-state index < -0.39 is 69.3 Å². The molecule has 214 valence electrons. The second-order valence-corrected chi connectivity index (χ2v) is 9.81. The van der Waals surface area contributed by atoms with Crippen LogP contribution in [0.1, 0.15) is 0 Å². The Labute approximate surface area is 234 Å². The minimum absolute atomic E-state index is 0.206. The summed E-state index contributed by atoms with van der Waals surface area (Å²) in [4.78, 5) is 0. The van der Waals surface area contributed by atoms with Gasteiger partial charge in [-0.15, -0.1) is 0 Å². The van der Waals surface area contributed by atoms with Gasteiger partial charge < -0.3 is 4.57 Å². The van der Waals surface area contributed by atoms with E-state index in [1.165, 1.54) is 41.0 Å². The predicted octanol–water partition coefficient (Wildman–Crippen LogP) is 10.1. The van der Waals surface area contributed by atoms with Crippen LogP contribution in [0.2, 0.25) is 0 Å². The second kappa shape index (κ2) is 9.22. The van der Waals surface area contributed by atoms with E-state index in [2.05, 4.69) is 0 Å². The molecule has 1 heterocycles. The van der Waals surface area contributed by atoms with E-state index >= 15 is 0 Å². The van der Waals surface area contributed by atoms with E-state index in [0.29, 0.717) is 27.2 Å². The summed E-state index contributed by atoms with van der Waals surface area (Å²) >= 11 is 0. The summed E-state index contributed by atoms with van der Waals surface area (Å²) in [5.41, 5.74) is -2.23. The van der Waals surface area contributed by atoms with Crippen LogP contribution in [-0.4, -0.2) is 4.57 Å². The number of nitrogens with zero attached hydrogens (tertiary/aromatic N) is 1. The number of hydrogen-bond acceptors (Lipinski definition) is 0. The van der Waals surface area contributed by atoms with E-state index in [-0.39, 0.29) is 22.2 Å². The predicted molar refractivity (Wildman–Crippen MR) is 140 cm³/mol. The molecule has 0 amide bonds. The quantitative estimate of drug-likeness (QED) is 0.0825. The van der Waals surface area contributed by atoms with E-state index in [1.807, 2.05) is 0 Å². The number of aromatic nitrogens is 1. The van der Waals surface area contributed by atoms with Gasteiger partial charge in [-0.3, -0.25) is 0 Å². The fraction of sp³-hybridized carbons (Fsp3) is 0. The summed E-state index contributed by atoms with van der Waals surface area (Å²) < 4.78 is 145. The summed E-state index contributed by atoms with van der Waals surface area (Å²) in [5.74, 6) is -21.3. The molecule has 11 heteroatoms. The van der Waals surface area contributed by atoms with Crippen LogP contribution in [0, 0.1) is 58.2 Å². The average Bonchev–Trinajstić information content (AvgIpc) is 3.34. The third-order valence-corrected chi connectivity index (χ3v) is 7.48. The Morgan fingerprint density at radius 1 is 0.372 bits per heavy atom. The lowest BCUT2D eigenvalue weighted by atomic mass is 9.94. The van der Waals surface area contributed by atoms with Crippen molar-refractivity contribution in [1.82, 2.24) is 4.57 Å². The molecule has 7 rings (SSSR count). The molecular weight excluding hydrogens is 588 g/mol. The van der Waals surface area contributed by atoms with Gasteiger partial charge in [0, 0.05) is 16.5 Å². The summed E-state index contributed by atoms with van der Waals surface area (Å²) in [6, 6.07) is 15.9. The Morgan fingerprint density at radius 2 is 0.721 bits per heavy atom. The lowest BCUT2D eigenvalue weighted by Gasteiger charge is -2.12. The van der Waals surface area contributed by atoms with Crippen molar-refractivity contribution in [1.29, 1.82) is 0 Å². The highest BCUT2D eigenvalue weighted by Gasteiger charge is 2.30. The highest BCUT2D eigenvalue weighted by atomic mass is 19.2. The normalized spacial score (nSPS) is 12.0. The Kier molecular flexibility index (Phi) is 5.75. The topological polar surface area (TPSA) is 4.93 Å². The van der Waals surface area contributed by atoms with Gasteiger partial charge in [0.25, 0.3) is 0 Å². The summed E-state index contributed by atoms with van der Waals surface area (Å²) in [5, 5.41) is 1.53. The maximum Gasteiger partial charge on any atom is 0.200 e. The van der Waals surface area contributed by atoms with Gasteiger partial charge >= 0.3 is 0 Å². The van der Waals surface area contributed by atoms with Crippen molar-refractivity contribution in [3.8, 4) is 27.9 Å². The van der Waals surface area contributed by atoms with Gasteiger partial charge in [0.2, 0.25) is 11.6 Å². The first kappa shape index (κ1) is 26.8. The summed E-state index contributed by atoms with van der Waals surface area (Å²) in [6.45, 7) is 0. The zero-order chi connectivity index (χ0) is 30.5. The third-order valence-electron chi connectivity index (χ3n) is 7.48. The van der Waals surface area contributed by atoms with Crippen LogP contribution >= 0.6 is 0 Å². The maximum atomic E-state index is 14.9. The number of benzene rings is 6. The molecule has 0 aliphatic heterocycles. The summed E-state index contributed by atoms with van der Waals surface area (Å²) in [7, 11) is 0. The highest BCUT2D eigenvalue weighted by molar-refractivity contribution is 6.25. The van der Waals surface area contributed by atoms with Crippen LogP contribution in [0.4, 0.5) is 43.9 Å². The number of hydrogen-bond donors (Lipinski definition) is 0. The third kappa shape index (κ3) is 3.60. The van der Waals surface area contributed by atoms with Crippen molar-refractivity contribution in [3.05, 3.63) is 125 Å². The van der Waals surface area contributed by atoms with Gasteiger partial charge in [-0.05, 0) is 58.3 Å². The molecule has 0 unspecified atom stereocenters. The van der Waals surface area contributed by atoms with Crippen molar-refractivity contribution in [2.45, 2.75) is 0 Å². The van der Waals surface area contributed by atoms with Crippen LogP contribution in [0.15, 0.2) is 66.7 Å². The SMILES string of the molecule is Fc1c(F)c(F)c(-c2cc3ccc4cc(-c5c(F)c(F)c(F)c(F)c5F)cc5c4c3c(c2)n5-c2ccccc2)c(F)c1F. The van der Waals surface area contributed by atoms with Crippen LogP contribution in [-0.2, 0) is 0 Å². The molecule has 1 aromatic heterocycles. The number of rotatable bonds is 3. The average molecular weight is 599 g/mol. The molecule has 0 fully saturated rings.